The molecule has 0 aliphatic carbocycles. The van der Waals surface area contributed by atoms with Crippen LogP contribution in [-0.2, 0) is 11.3 Å². The number of nitrogens with zero attached hydrogens (tertiary/aromatic N) is 2. The first kappa shape index (κ1) is 16.1. The van der Waals surface area contributed by atoms with Crippen molar-refractivity contribution in [3.8, 4) is 10.7 Å². The summed E-state index contributed by atoms with van der Waals surface area (Å²) in [6, 6.07) is 9.56. The molecule has 0 bridgehead atoms. The van der Waals surface area contributed by atoms with E-state index in [9.17, 15) is 4.79 Å². The Bertz CT molecular complexity index is 899. The van der Waals surface area contributed by atoms with Gasteiger partial charge in [0.05, 0.1) is 4.88 Å². The zero-order chi connectivity index (χ0) is 16.4. The molecule has 0 spiro atoms. The minimum Gasteiger partial charge on any atom is -0.325 e. The zero-order valence-corrected chi connectivity index (χ0v) is 15.4. The number of benzene rings is 1. The van der Waals surface area contributed by atoms with Crippen LogP contribution in [0.4, 0.5) is 5.69 Å². The summed E-state index contributed by atoms with van der Waals surface area (Å²) in [5, 5.41) is 11.8. The van der Waals surface area contributed by atoms with Crippen LogP contribution >= 0.6 is 39.5 Å². The predicted octanol–water partition coefficient (Wildman–Crippen LogP) is 4.38. The molecule has 5 nitrogen and oxygen atoms in total. The van der Waals surface area contributed by atoms with Gasteiger partial charge in [-0.3, -0.25) is 14.5 Å². The van der Waals surface area contributed by atoms with Crippen LogP contribution in [0.1, 0.15) is 5.56 Å². The van der Waals surface area contributed by atoms with E-state index in [0.29, 0.717) is 10.6 Å². The first-order chi connectivity index (χ1) is 11.0. The summed E-state index contributed by atoms with van der Waals surface area (Å²) in [6.07, 6.45) is 0. The summed E-state index contributed by atoms with van der Waals surface area (Å²) < 4.78 is 3.13. The Morgan fingerprint density at radius 3 is 3.00 bits per heavy atom. The van der Waals surface area contributed by atoms with Crippen molar-refractivity contribution in [2.45, 2.75) is 13.5 Å². The molecule has 3 aromatic rings. The number of halogens is 1. The molecule has 0 aliphatic rings. The monoisotopic (exact) mass is 408 g/mol. The number of hydrogen-bond donors (Lipinski definition) is 2. The normalized spacial score (nSPS) is 10.7. The maximum Gasteiger partial charge on any atom is 0.244 e. The minimum atomic E-state index is -0.151. The van der Waals surface area contributed by atoms with Gasteiger partial charge in [-0.25, -0.2) is 0 Å². The average Bonchev–Trinajstić information content (AvgIpc) is 3.14. The molecule has 2 N–H and O–H groups in total. The molecule has 1 aromatic carbocycles. The number of amides is 1. The zero-order valence-electron chi connectivity index (χ0n) is 12.2. The molecular formula is C15H13BrN4OS2. The van der Waals surface area contributed by atoms with Gasteiger partial charge in [-0.05, 0) is 54.4 Å². The molecule has 1 amide bonds. The van der Waals surface area contributed by atoms with Gasteiger partial charge in [0.15, 0.2) is 10.6 Å². The second kappa shape index (κ2) is 6.77. The quantitative estimate of drug-likeness (QED) is 0.629. The first-order valence-electron chi connectivity index (χ1n) is 6.79. The Labute approximate surface area is 150 Å². The number of carbonyl (C=O) groups is 1. The van der Waals surface area contributed by atoms with E-state index in [1.54, 1.807) is 15.9 Å². The Morgan fingerprint density at radius 2 is 2.30 bits per heavy atom. The second-order valence-corrected chi connectivity index (χ2v) is 7.12. The Morgan fingerprint density at radius 1 is 1.48 bits per heavy atom. The van der Waals surface area contributed by atoms with E-state index in [0.717, 1.165) is 20.6 Å². The fourth-order valence-corrected chi connectivity index (χ4v) is 3.29. The highest BCUT2D eigenvalue weighted by molar-refractivity contribution is 9.10. The number of aromatic nitrogens is 3. The molecular weight excluding hydrogens is 396 g/mol. The fraction of sp³-hybridized carbons (Fsp3) is 0.133. The van der Waals surface area contributed by atoms with Gasteiger partial charge in [0, 0.05) is 10.2 Å². The van der Waals surface area contributed by atoms with Gasteiger partial charge in [0.2, 0.25) is 5.91 Å². The number of aromatic amines is 1. The molecule has 3 rings (SSSR count). The van der Waals surface area contributed by atoms with Gasteiger partial charge >= 0.3 is 0 Å². The lowest BCUT2D eigenvalue weighted by molar-refractivity contribution is -0.116. The smallest absolute Gasteiger partial charge is 0.244 e. The van der Waals surface area contributed by atoms with E-state index < -0.39 is 0 Å². The lowest BCUT2D eigenvalue weighted by Crippen LogP contribution is -2.19. The largest absolute Gasteiger partial charge is 0.325 e. The number of H-pyrrole nitrogens is 1. The highest BCUT2D eigenvalue weighted by Crippen LogP contribution is 2.23. The Hall–Kier alpha value is -1.77. The summed E-state index contributed by atoms with van der Waals surface area (Å²) >= 11 is 10.2. The minimum absolute atomic E-state index is 0.109. The SMILES string of the molecule is Cc1cc(NC(=O)Cn2c(-c3cccs3)n[nH]c2=S)ccc1Br. The highest BCUT2D eigenvalue weighted by atomic mass is 79.9. The predicted molar refractivity (Wildman–Crippen MR) is 98.2 cm³/mol. The molecule has 0 saturated carbocycles. The van der Waals surface area contributed by atoms with Crippen LogP contribution in [0.2, 0.25) is 0 Å². The van der Waals surface area contributed by atoms with Crippen molar-refractivity contribution < 1.29 is 4.79 Å². The van der Waals surface area contributed by atoms with Crippen molar-refractivity contribution in [3.05, 3.63) is 50.5 Å². The molecule has 2 heterocycles. The standard InChI is InChI=1S/C15H13BrN4OS2/c1-9-7-10(4-5-11(9)16)17-13(21)8-20-14(18-19-15(20)22)12-3-2-6-23-12/h2-7H,8H2,1H3,(H,17,21)(H,19,22). The molecule has 0 unspecified atom stereocenters. The van der Waals surface area contributed by atoms with E-state index >= 15 is 0 Å². The van der Waals surface area contributed by atoms with Crippen LogP contribution in [-0.4, -0.2) is 20.7 Å². The number of aryl methyl sites for hydroxylation is 1. The van der Waals surface area contributed by atoms with Gasteiger partial charge in [-0.1, -0.05) is 22.0 Å². The molecule has 0 aliphatic heterocycles. The van der Waals surface area contributed by atoms with Crippen LogP contribution in [0.3, 0.4) is 0 Å². The fourth-order valence-electron chi connectivity index (χ4n) is 2.12. The third-order valence-electron chi connectivity index (χ3n) is 3.24. The summed E-state index contributed by atoms with van der Waals surface area (Å²) in [5.41, 5.74) is 1.81. The third-order valence-corrected chi connectivity index (χ3v) is 5.31. The van der Waals surface area contributed by atoms with Gasteiger partial charge in [-0.15, -0.1) is 11.3 Å². The Kier molecular flexibility index (Phi) is 4.74. The molecule has 0 radical (unpaired) electrons. The second-order valence-electron chi connectivity index (χ2n) is 4.93. The molecule has 8 heteroatoms. The lowest BCUT2D eigenvalue weighted by Gasteiger charge is -2.09. The molecule has 23 heavy (non-hydrogen) atoms. The van der Waals surface area contributed by atoms with Crippen molar-refractivity contribution in [3.63, 3.8) is 0 Å². The third kappa shape index (κ3) is 3.60. The number of anilines is 1. The molecule has 0 atom stereocenters. The maximum atomic E-state index is 12.3. The first-order valence-corrected chi connectivity index (χ1v) is 8.88. The highest BCUT2D eigenvalue weighted by Gasteiger charge is 2.13. The van der Waals surface area contributed by atoms with Crippen LogP contribution in [0.5, 0.6) is 0 Å². The topological polar surface area (TPSA) is 62.7 Å². The maximum absolute atomic E-state index is 12.3. The van der Waals surface area contributed by atoms with E-state index in [4.69, 9.17) is 12.2 Å². The number of nitrogens with one attached hydrogen (secondary N) is 2. The summed E-state index contributed by atoms with van der Waals surface area (Å²) in [7, 11) is 0. The van der Waals surface area contributed by atoms with Crippen molar-refractivity contribution in [2.75, 3.05) is 5.32 Å². The average molecular weight is 409 g/mol. The summed E-state index contributed by atoms with van der Waals surface area (Å²) in [4.78, 5) is 13.3. The Balaban J connectivity index is 1.79. The van der Waals surface area contributed by atoms with Crippen molar-refractivity contribution in [1.29, 1.82) is 0 Å². The van der Waals surface area contributed by atoms with E-state index in [-0.39, 0.29) is 12.5 Å². The number of hydrogen-bond acceptors (Lipinski definition) is 4. The molecule has 2 aromatic heterocycles. The van der Waals surface area contributed by atoms with E-state index in [1.165, 1.54) is 0 Å². The lowest BCUT2D eigenvalue weighted by atomic mass is 10.2. The van der Waals surface area contributed by atoms with Gasteiger partial charge in [0.1, 0.15) is 6.54 Å². The van der Waals surface area contributed by atoms with Crippen LogP contribution in [0.25, 0.3) is 10.7 Å². The van der Waals surface area contributed by atoms with Crippen LogP contribution < -0.4 is 5.32 Å². The number of carbonyl (C=O) groups excluding carboxylic acids is 1. The van der Waals surface area contributed by atoms with Crippen LogP contribution in [0, 0.1) is 11.7 Å². The van der Waals surface area contributed by atoms with E-state index in [2.05, 4.69) is 31.4 Å². The van der Waals surface area contributed by atoms with Crippen LogP contribution in [0.15, 0.2) is 40.2 Å². The number of rotatable bonds is 4. The van der Waals surface area contributed by atoms with Crippen molar-refractivity contribution in [2.24, 2.45) is 0 Å². The summed E-state index contributed by atoms with van der Waals surface area (Å²) in [6.45, 7) is 2.08. The molecule has 0 fully saturated rings. The number of thiophene rings is 1. The van der Waals surface area contributed by atoms with Gasteiger partial charge < -0.3 is 5.32 Å². The van der Waals surface area contributed by atoms with Gasteiger partial charge in [-0.2, -0.15) is 5.10 Å². The molecule has 118 valence electrons. The van der Waals surface area contributed by atoms with Gasteiger partial charge in [0.25, 0.3) is 0 Å². The summed E-state index contributed by atoms with van der Waals surface area (Å²) in [5.74, 6) is 0.522. The van der Waals surface area contributed by atoms with Crippen molar-refractivity contribution >= 4 is 51.1 Å². The van der Waals surface area contributed by atoms with E-state index in [1.807, 2.05) is 42.6 Å². The van der Waals surface area contributed by atoms with Crippen molar-refractivity contribution in [1.82, 2.24) is 14.8 Å². The molecule has 0 saturated heterocycles.